The lowest BCUT2D eigenvalue weighted by molar-refractivity contribution is -0.137. The molecule has 78 valence electrons. The Kier molecular flexibility index (Phi) is 6.59. The average molecular weight is 187 g/mol. The van der Waals surface area contributed by atoms with E-state index in [1.165, 1.54) is 0 Å². The van der Waals surface area contributed by atoms with Gasteiger partial charge in [0.2, 0.25) is 0 Å². The first-order valence-electron chi connectivity index (χ1n) is 5.09. The van der Waals surface area contributed by atoms with Crippen LogP contribution in [0.3, 0.4) is 0 Å². The van der Waals surface area contributed by atoms with Crippen molar-refractivity contribution >= 4 is 5.97 Å². The molecule has 0 aromatic rings. The zero-order valence-electron chi connectivity index (χ0n) is 8.62. The number of carboxylic acid groups (broad SMARTS) is 1. The largest absolute Gasteiger partial charge is 0.481 e. The minimum Gasteiger partial charge on any atom is -0.481 e. The van der Waals surface area contributed by atoms with Crippen LogP contribution in [0.15, 0.2) is 0 Å². The molecule has 13 heavy (non-hydrogen) atoms. The number of unbranched alkanes of at least 4 members (excludes halogenated alkanes) is 1. The molecule has 0 saturated carbocycles. The van der Waals surface area contributed by atoms with Gasteiger partial charge in [0.25, 0.3) is 0 Å². The van der Waals surface area contributed by atoms with Crippen LogP contribution in [-0.2, 0) is 4.79 Å². The van der Waals surface area contributed by atoms with E-state index >= 15 is 0 Å². The van der Waals surface area contributed by atoms with Crippen molar-refractivity contribution in [3.05, 3.63) is 0 Å². The molecule has 0 fully saturated rings. The molecule has 0 aliphatic heterocycles. The first-order valence-corrected chi connectivity index (χ1v) is 5.09. The van der Waals surface area contributed by atoms with Gasteiger partial charge in [-0.25, -0.2) is 0 Å². The quantitative estimate of drug-likeness (QED) is 0.640. The monoisotopic (exact) mass is 187 g/mol. The van der Waals surface area contributed by atoms with E-state index in [0.717, 1.165) is 25.7 Å². The second-order valence-corrected chi connectivity index (χ2v) is 3.57. The summed E-state index contributed by atoms with van der Waals surface area (Å²) >= 11 is 0. The predicted molar refractivity (Wildman–Crippen MR) is 53.5 cm³/mol. The Bertz CT molecular complexity index is 148. The van der Waals surface area contributed by atoms with E-state index in [4.69, 9.17) is 10.8 Å². The lowest BCUT2D eigenvalue weighted by atomic mass is 9.90. The van der Waals surface area contributed by atoms with Crippen LogP contribution in [0.25, 0.3) is 0 Å². The molecule has 0 aromatic heterocycles. The van der Waals surface area contributed by atoms with Gasteiger partial charge in [-0.15, -0.1) is 0 Å². The molecule has 3 N–H and O–H groups in total. The molecule has 0 amide bonds. The maximum absolute atomic E-state index is 10.4. The van der Waals surface area contributed by atoms with Crippen molar-refractivity contribution in [1.29, 1.82) is 0 Å². The summed E-state index contributed by atoms with van der Waals surface area (Å²) in [6, 6.07) is -0.172. The number of carboxylic acids is 1. The van der Waals surface area contributed by atoms with Crippen molar-refractivity contribution in [1.82, 2.24) is 0 Å². The zero-order valence-corrected chi connectivity index (χ0v) is 8.62. The third kappa shape index (κ3) is 5.64. The second-order valence-electron chi connectivity index (χ2n) is 3.57. The first-order chi connectivity index (χ1) is 6.11. The van der Waals surface area contributed by atoms with E-state index in [2.05, 4.69) is 13.8 Å². The Morgan fingerprint density at radius 2 is 2.08 bits per heavy atom. The third-order valence-corrected chi connectivity index (χ3v) is 2.47. The Balaban J connectivity index is 3.83. The fourth-order valence-electron chi connectivity index (χ4n) is 1.56. The lowest BCUT2D eigenvalue weighted by Gasteiger charge is -2.20. The van der Waals surface area contributed by atoms with Gasteiger partial charge in [-0.2, -0.15) is 0 Å². The minimum absolute atomic E-state index is 0.0994. The SMILES string of the molecule is CCCCC(CC)C(N)CC(=O)O. The second kappa shape index (κ2) is 6.89. The van der Waals surface area contributed by atoms with Crippen LogP contribution >= 0.6 is 0 Å². The molecule has 3 nitrogen and oxygen atoms in total. The normalized spacial score (nSPS) is 15.3. The van der Waals surface area contributed by atoms with Crippen LogP contribution in [0.1, 0.15) is 46.0 Å². The maximum Gasteiger partial charge on any atom is 0.304 e. The number of nitrogens with two attached hydrogens (primary N) is 1. The topological polar surface area (TPSA) is 63.3 Å². The number of rotatable bonds is 7. The molecule has 0 radical (unpaired) electrons. The van der Waals surface area contributed by atoms with E-state index in [1.54, 1.807) is 0 Å². The Labute approximate surface area is 80.3 Å². The van der Waals surface area contributed by atoms with Gasteiger partial charge < -0.3 is 10.8 Å². The molecule has 0 bridgehead atoms. The summed E-state index contributed by atoms with van der Waals surface area (Å²) in [4.78, 5) is 10.4. The highest BCUT2D eigenvalue weighted by molar-refractivity contribution is 5.67. The third-order valence-electron chi connectivity index (χ3n) is 2.47. The molecule has 0 saturated heterocycles. The molecular weight excluding hydrogens is 166 g/mol. The van der Waals surface area contributed by atoms with Gasteiger partial charge in [-0.3, -0.25) is 4.79 Å². The van der Waals surface area contributed by atoms with Crippen molar-refractivity contribution in [2.24, 2.45) is 11.7 Å². The fraction of sp³-hybridized carbons (Fsp3) is 0.900. The van der Waals surface area contributed by atoms with Crippen molar-refractivity contribution in [3.63, 3.8) is 0 Å². The molecule has 2 atom stereocenters. The van der Waals surface area contributed by atoms with Gasteiger partial charge in [-0.1, -0.05) is 33.1 Å². The Hall–Kier alpha value is -0.570. The van der Waals surface area contributed by atoms with Crippen LogP contribution in [0, 0.1) is 5.92 Å². The molecule has 0 aliphatic carbocycles. The van der Waals surface area contributed by atoms with Crippen LogP contribution in [0.2, 0.25) is 0 Å². The van der Waals surface area contributed by atoms with E-state index < -0.39 is 5.97 Å². The van der Waals surface area contributed by atoms with Crippen molar-refractivity contribution in [3.8, 4) is 0 Å². The number of aliphatic carboxylic acids is 1. The van der Waals surface area contributed by atoms with Crippen LogP contribution in [0.4, 0.5) is 0 Å². The lowest BCUT2D eigenvalue weighted by Crippen LogP contribution is -2.32. The minimum atomic E-state index is -0.789. The molecule has 0 rings (SSSR count). The van der Waals surface area contributed by atoms with Gasteiger partial charge in [-0.05, 0) is 12.3 Å². The molecule has 0 aromatic carbocycles. The van der Waals surface area contributed by atoms with Gasteiger partial charge in [0.15, 0.2) is 0 Å². The summed E-state index contributed by atoms with van der Waals surface area (Å²) in [5, 5.41) is 8.57. The Morgan fingerprint density at radius 3 is 2.46 bits per heavy atom. The van der Waals surface area contributed by atoms with Crippen LogP contribution < -0.4 is 5.73 Å². The highest BCUT2D eigenvalue weighted by Crippen LogP contribution is 2.17. The van der Waals surface area contributed by atoms with Crippen LogP contribution in [0.5, 0.6) is 0 Å². The van der Waals surface area contributed by atoms with Crippen molar-refractivity contribution in [2.75, 3.05) is 0 Å². The van der Waals surface area contributed by atoms with Crippen molar-refractivity contribution in [2.45, 2.75) is 52.0 Å². The van der Waals surface area contributed by atoms with E-state index in [1.807, 2.05) is 0 Å². The standard InChI is InChI=1S/C10H21NO2/c1-3-5-6-8(4-2)9(11)7-10(12)13/h8-9H,3-7,11H2,1-2H3,(H,12,13). The summed E-state index contributed by atoms with van der Waals surface area (Å²) < 4.78 is 0. The van der Waals surface area contributed by atoms with Gasteiger partial charge in [0.1, 0.15) is 0 Å². The summed E-state index contributed by atoms with van der Waals surface area (Å²) in [5.74, 6) is -0.418. The molecular formula is C10H21NO2. The van der Waals surface area contributed by atoms with Crippen LogP contribution in [-0.4, -0.2) is 17.1 Å². The van der Waals surface area contributed by atoms with Gasteiger partial charge in [0.05, 0.1) is 6.42 Å². The number of hydrogen-bond donors (Lipinski definition) is 2. The Morgan fingerprint density at radius 1 is 1.46 bits per heavy atom. The smallest absolute Gasteiger partial charge is 0.304 e. The molecule has 0 spiro atoms. The summed E-state index contributed by atoms with van der Waals surface area (Å²) in [7, 11) is 0. The summed E-state index contributed by atoms with van der Waals surface area (Å²) in [5.41, 5.74) is 5.79. The predicted octanol–water partition coefficient (Wildman–Crippen LogP) is 2.00. The molecule has 3 heteroatoms. The molecule has 0 aliphatic rings. The summed E-state index contributed by atoms with van der Waals surface area (Å²) in [6.45, 7) is 4.21. The first kappa shape index (κ1) is 12.4. The van der Waals surface area contributed by atoms with Crippen molar-refractivity contribution < 1.29 is 9.90 Å². The van der Waals surface area contributed by atoms with E-state index in [0.29, 0.717) is 5.92 Å². The van der Waals surface area contributed by atoms with Gasteiger partial charge in [0, 0.05) is 6.04 Å². The summed E-state index contributed by atoms with van der Waals surface area (Å²) in [6.07, 6.45) is 4.43. The number of hydrogen-bond acceptors (Lipinski definition) is 2. The van der Waals surface area contributed by atoms with E-state index in [-0.39, 0.29) is 12.5 Å². The average Bonchev–Trinajstić information content (AvgIpc) is 2.04. The van der Waals surface area contributed by atoms with E-state index in [9.17, 15) is 4.79 Å². The number of carbonyl (C=O) groups is 1. The molecule has 0 heterocycles. The highest BCUT2D eigenvalue weighted by atomic mass is 16.4. The fourth-order valence-corrected chi connectivity index (χ4v) is 1.56. The molecule has 2 unspecified atom stereocenters. The highest BCUT2D eigenvalue weighted by Gasteiger charge is 2.17. The zero-order chi connectivity index (χ0) is 10.3. The maximum atomic E-state index is 10.4. The van der Waals surface area contributed by atoms with Gasteiger partial charge >= 0.3 is 5.97 Å².